The van der Waals surface area contributed by atoms with Crippen molar-refractivity contribution in [1.82, 2.24) is 0 Å². The molecule has 0 heterocycles. The Hall–Kier alpha value is -0.520. The van der Waals surface area contributed by atoms with Gasteiger partial charge in [-0.2, -0.15) is 0 Å². The van der Waals surface area contributed by atoms with Gasteiger partial charge in [-0.3, -0.25) is 0 Å². The van der Waals surface area contributed by atoms with Gasteiger partial charge < -0.3 is 0 Å². The molecular formula is C9H20. The van der Waals surface area contributed by atoms with Crippen LogP contribution in [0.25, 0.3) is 0 Å². The first-order valence-electron chi connectivity index (χ1n) is 2.53. The molecule has 0 fully saturated rings. The smallest absolute Gasteiger partial charge is 0.0439 e. The van der Waals surface area contributed by atoms with Crippen molar-refractivity contribution in [3.63, 3.8) is 0 Å². The van der Waals surface area contributed by atoms with Crippen molar-refractivity contribution in [3.8, 4) is 0 Å². The molecule has 0 aliphatic carbocycles. The minimum atomic E-state index is 0. The second-order valence-corrected chi connectivity index (χ2v) is 1.77. The highest BCUT2D eigenvalue weighted by molar-refractivity contribution is 5.06. The summed E-state index contributed by atoms with van der Waals surface area (Å²) >= 11 is 0. The molecule has 0 aliphatic heterocycles. The van der Waals surface area contributed by atoms with Gasteiger partial charge in [-0.25, -0.2) is 0 Å². The molecule has 0 rings (SSSR count). The zero-order chi connectivity index (χ0) is 5.70. The van der Waals surface area contributed by atoms with Crippen molar-refractivity contribution in [2.24, 2.45) is 0 Å². The highest BCUT2D eigenvalue weighted by atomic mass is 13.7. The normalized spacial score (nSPS) is 7.44. The largest absolute Gasteiger partial charge is 0.0877 e. The van der Waals surface area contributed by atoms with Gasteiger partial charge in [0, 0.05) is 0 Å². The fraction of sp³-hybridized carbons (Fsp3) is 0.556. The van der Waals surface area contributed by atoms with E-state index in [1.807, 2.05) is 19.1 Å². The van der Waals surface area contributed by atoms with Crippen molar-refractivity contribution >= 4 is 0 Å². The summed E-state index contributed by atoms with van der Waals surface area (Å²) in [7, 11) is 0. The predicted octanol–water partition coefficient (Wildman–Crippen LogP) is 3.80. The molecule has 0 spiro atoms. The molecule has 0 atom stereocenters. The predicted molar refractivity (Wildman–Crippen MR) is 47.7 cm³/mol. The molecule has 0 radical (unpaired) electrons. The van der Waals surface area contributed by atoms with Crippen molar-refractivity contribution < 1.29 is 0 Å². The Morgan fingerprint density at radius 1 is 1.11 bits per heavy atom. The molecule has 0 heteroatoms. The van der Waals surface area contributed by atoms with E-state index < -0.39 is 0 Å². The van der Waals surface area contributed by atoms with E-state index in [4.69, 9.17) is 0 Å². The lowest BCUT2D eigenvalue weighted by Crippen LogP contribution is -1.56. The molecule has 0 aromatic carbocycles. The Kier molecular flexibility index (Phi) is 18.4. The van der Waals surface area contributed by atoms with E-state index in [9.17, 15) is 0 Å². The summed E-state index contributed by atoms with van der Waals surface area (Å²) in [5, 5.41) is 0. The van der Waals surface area contributed by atoms with Gasteiger partial charge in [0.1, 0.15) is 0 Å². The molecule has 56 valence electrons. The molecule has 0 aromatic rings. The van der Waals surface area contributed by atoms with Gasteiger partial charge in [0.05, 0.1) is 0 Å². The molecule has 0 unspecified atom stereocenters. The lowest BCUT2D eigenvalue weighted by molar-refractivity contribution is 1.39. The number of rotatable bonds is 1. The third-order valence-corrected chi connectivity index (χ3v) is 0.622. The van der Waals surface area contributed by atoms with Gasteiger partial charge in [-0.15, -0.1) is 0 Å². The molecule has 9 heavy (non-hydrogen) atoms. The summed E-state index contributed by atoms with van der Waals surface area (Å²) in [6, 6.07) is 0. The summed E-state index contributed by atoms with van der Waals surface area (Å²) in [6.07, 6.45) is 6.14. The van der Waals surface area contributed by atoms with Gasteiger partial charge in [-0.1, -0.05) is 38.7 Å². The van der Waals surface area contributed by atoms with E-state index in [2.05, 4.69) is 19.9 Å². The maximum Gasteiger partial charge on any atom is -0.0439 e. The van der Waals surface area contributed by atoms with Crippen molar-refractivity contribution in [2.75, 3.05) is 0 Å². The maximum absolute atomic E-state index is 2.08. The first-order chi connectivity index (χ1) is 3.27. The van der Waals surface area contributed by atoms with Gasteiger partial charge in [0.2, 0.25) is 0 Å². The standard InChI is InChI=1S/C7H12.2CH4/c1-4-5-6-7(2)3;;/h4-6H,1-3H3;2*1H4. The molecule has 0 aromatic heterocycles. The van der Waals surface area contributed by atoms with Crippen LogP contribution in [-0.4, -0.2) is 0 Å². The highest BCUT2D eigenvalue weighted by Gasteiger charge is 1.65. The Labute approximate surface area is 60.3 Å². The Morgan fingerprint density at radius 3 is 1.67 bits per heavy atom. The molecule has 0 nitrogen and oxygen atoms in total. The van der Waals surface area contributed by atoms with E-state index >= 15 is 0 Å². The van der Waals surface area contributed by atoms with Gasteiger partial charge in [-0.05, 0) is 20.8 Å². The van der Waals surface area contributed by atoms with Crippen LogP contribution in [0.5, 0.6) is 0 Å². The van der Waals surface area contributed by atoms with E-state index in [0.717, 1.165) is 0 Å². The topological polar surface area (TPSA) is 0 Å². The molecule has 0 amide bonds. The van der Waals surface area contributed by atoms with Crippen LogP contribution in [0.3, 0.4) is 0 Å². The monoisotopic (exact) mass is 128 g/mol. The molecule has 0 bridgehead atoms. The van der Waals surface area contributed by atoms with Crippen LogP contribution in [-0.2, 0) is 0 Å². The van der Waals surface area contributed by atoms with E-state index in [1.165, 1.54) is 5.57 Å². The summed E-state index contributed by atoms with van der Waals surface area (Å²) < 4.78 is 0. The average Bonchev–Trinajstić information content (AvgIpc) is 1.61. The number of allylic oxidation sites excluding steroid dienone is 4. The average molecular weight is 128 g/mol. The fourth-order valence-corrected chi connectivity index (χ4v) is 0.289. The summed E-state index contributed by atoms with van der Waals surface area (Å²) in [4.78, 5) is 0. The summed E-state index contributed by atoms with van der Waals surface area (Å²) in [5.74, 6) is 0. The molecule has 0 saturated heterocycles. The summed E-state index contributed by atoms with van der Waals surface area (Å²) in [6.45, 7) is 6.18. The molecule has 0 N–H and O–H groups in total. The Morgan fingerprint density at radius 2 is 1.56 bits per heavy atom. The Bertz CT molecular complexity index is 82.2. The third-order valence-electron chi connectivity index (χ3n) is 0.622. The van der Waals surface area contributed by atoms with Crippen molar-refractivity contribution in [1.29, 1.82) is 0 Å². The summed E-state index contributed by atoms with van der Waals surface area (Å²) in [5.41, 5.74) is 1.35. The SMILES string of the molecule is C.C.CC=CC=C(C)C. The minimum Gasteiger partial charge on any atom is -0.0877 e. The second-order valence-electron chi connectivity index (χ2n) is 1.77. The van der Waals surface area contributed by atoms with E-state index in [0.29, 0.717) is 0 Å². The van der Waals surface area contributed by atoms with Crippen LogP contribution >= 0.6 is 0 Å². The molecular weight excluding hydrogens is 108 g/mol. The molecule has 0 aliphatic rings. The highest BCUT2D eigenvalue weighted by Crippen LogP contribution is 1.87. The lowest BCUT2D eigenvalue weighted by Gasteiger charge is -1.77. The van der Waals surface area contributed by atoms with Crippen LogP contribution < -0.4 is 0 Å². The van der Waals surface area contributed by atoms with Gasteiger partial charge in [0.15, 0.2) is 0 Å². The van der Waals surface area contributed by atoms with Gasteiger partial charge in [0.25, 0.3) is 0 Å². The minimum absolute atomic E-state index is 0. The Balaban J connectivity index is -0.000000180. The third kappa shape index (κ3) is 18.5. The second kappa shape index (κ2) is 10.5. The zero-order valence-corrected chi connectivity index (χ0v) is 5.23. The van der Waals surface area contributed by atoms with Crippen LogP contribution in [0, 0.1) is 0 Å². The van der Waals surface area contributed by atoms with Gasteiger partial charge >= 0.3 is 0 Å². The first kappa shape index (κ1) is 15.8. The van der Waals surface area contributed by atoms with Crippen LogP contribution in [0.2, 0.25) is 0 Å². The van der Waals surface area contributed by atoms with Crippen LogP contribution in [0.1, 0.15) is 35.6 Å². The van der Waals surface area contributed by atoms with Crippen LogP contribution in [0.4, 0.5) is 0 Å². The maximum atomic E-state index is 2.08. The zero-order valence-electron chi connectivity index (χ0n) is 5.23. The van der Waals surface area contributed by atoms with E-state index in [-0.39, 0.29) is 14.9 Å². The number of hydrogen-bond donors (Lipinski definition) is 0. The first-order valence-corrected chi connectivity index (χ1v) is 2.53. The van der Waals surface area contributed by atoms with Crippen LogP contribution in [0.15, 0.2) is 23.8 Å². The fourth-order valence-electron chi connectivity index (χ4n) is 0.289. The van der Waals surface area contributed by atoms with E-state index in [1.54, 1.807) is 0 Å². The van der Waals surface area contributed by atoms with Crippen molar-refractivity contribution in [3.05, 3.63) is 23.8 Å². The number of hydrogen-bond acceptors (Lipinski definition) is 0. The lowest BCUT2D eigenvalue weighted by atomic mass is 10.3. The molecule has 0 saturated carbocycles. The quantitative estimate of drug-likeness (QED) is 0.471. The van der Waals surface area contributed by atoms with Crippen molar-refractivity contribution in [2.45, 2.75) is 35.6 Å².